The van der Waals surface area contributed by atoms with Gasteiger partial charge in [-0.05, 0) is 38.3 Å². The largest absolute Gasteiger partial charge is 0.340 e. The Labute approximate surface area is 142 Å². The van der Waals surface area contributed by atoms with Crippen molar-refractivity contribution in [2.75, 3.05) is 6.54 Å². The quantitative estimate of drug-likeness (QED) is 0.848. The number of hydrogen-bond acceptors (Lipinski definition) is 3. The van der Waals surface area contributed by atoms with Crippen LogP contribution in [0.3, 0.4) is 0 Å². The first-order chi connectivity index (χ1) is 11.6. The van der Waals surface area contributed by atoms with Crippen LogP contribution in [0.25, 0.3) is 10.9 Å². The minimum atomic E-state index is -0.0691. The smallest absolute Gasteiger partial charge is 0.261 e. The lowest BCUT2D eigenvalue weighted by atomic mass is 10.1. The van der Waals surface area contributed by atoms with Crippen molar-refractivity contribution in [1.29, 1.82) is 0 Å². The molecule has 0 atom stereocenters. The van der Waals surface area contributed by atoms with Crippen LogP contribution in [-0.4, -0.2) is 32.9 Å². The van der Waals surface area contributed by atoms with Crippen molar-refractivity contribution < 1.29 is 4.79 Å². The molecule has 5 nitrogen and oxygen atoms in total. The third-order valence-corrected chi connectivity index (χ3v) is 5.05. The number of carbonyl (C=O) groups is 1. The fraction of sp³-hybridized carbons (Fsp3) is 0.526. The van der Waals surface area contributed by atoms with E-state index in [9.17, 15) is 9.59 Å². The number of rotatable bonds is 5. The van der Waals surface area contributed by atoms with Gasteiger partial charge in [0.15, 0.2) is 0 Å². The zero-order valence-corrected chi connectivity index (χ0v) is 14.5. The molecule has 1 aliphatic rings. The highest BCUT2D eigenvalue weighted by atomic mass is 16.2. The molecule has 128 valence electrons. The molecule has 0 unspecified atom stereocenters. The van der Waals surface area contributed by atoms with Crippen LogP contribution in [0.2, 0.25) is 0 Å². The second-order valence-corrected chi connectivity index (χ2v) is 6.58. The number of hydrogen-bond donors (Lipinski definition) is 0. The molecule has 1 heterocycles. The zero-order chi connectivity index (χ0) is 17.1. The lowest BCUT2D eigenvalue weighted by Gasteiger charge is -2.27. The van der Waals surface area contributed by atoms with Gasteiger partial charge in [-0.3, -0.25) is 14.2 Å². The summed E-state index contributed by atoms with van der Waals surface area (Å²) in [6.07, 6.45) is 6.55. The van der Waals surface area contributed by atoms with Crippen molar-refractivity contribution in [1.82, 2.24) is 14.5 Å². The highest BCUT2D eigenvalue weighted by Gasteiger charge is 2.25. The van der Waals surface area contributed by atoms with E-state index in [2.05, 4.69) is 4.98 Å². The Morgan fingerprint density at radius 1 is 1.33 bits per heavy atom. The Morgan fingerprint density at radius 3 is 2.79 bits per heavy atom. The van der Waals surface area contributed by atoms with E-state index in [0.29, 0.717) is 24.4 Å². The maximum atomic E-state index is 12.6. The molecule has 0 N–H and O–H groups in total. The molecule has 2 aromatic rings. The van der Waals surface area contributed by atoms with Gasteiger partial charge in [0.1, 0.15) is 0 Å². The number of carbonyl (C=O) groups excluding carboxylic acids is 1. The molecular weight excluding hydrogens is 302 g/mol. The van der Waals surface area contributed by atoms with Crippen LogP contribution >= 0.6 is 0 Å². The van der Waals surface area contributed by atoms with Crippen LogP contribution in [-0.2, 0) is 11.3 Å². The molecule has 1 saturated carbocycles. The molecule has 1 aliphatic carbocycles. The second kappa shape index (κ2) is 7.16. The summed E-state index contributed by atoms with van der Waals surface area (Å²) < 4.78 is 1.56. The number of para-hydroxylation sites is 1. The molecule has 1 fully saturated rings. The van der Waals surface area contributed by atoms with Crippen LogP contribution in [0.5, 0.6) is 0 Å². The van der Waals surface area contributed by atoms with E-state index in [4.69, 9.17) is 0 Å². The van der Waals surface area contributed by atoms with Gasteiger partial charge in [0, 0.05) is 25.6 Å². The van der Waals surface area contributed by atoms with E-state index >= 15 is 0 Å². The van der Waals surface area contributed by atoms with Gasteiger partial charge in [-0.2, -0.15) is 0 Å². The average molecular weight is 327 g/mol. The first-order valence-corrected chi connectivity index (χ1v) is 8.86. The first-order valence-electron chi connectivity index (χ1n) is 8.86. The summed E-state index contributed by atoms with van der Waals surface area (Å²) in [5.41, 5.74) is 1.66. The fourth-order valence-corrected chi connectivity index (χ4v) is 3.71. The summed E-state index contributed by atoms with van der Waals surface area (Å²) in [4.78, 5) is 31.5. The van der Waals surface area contributed by atoms with Gasteiger partial charge < -0.3 is 4.90 Å². The lowest BCUT2D eigenvalue weighted by Crippen LogP contribution is -2.39. The molecule has 0 spiro atoms. The minimum Gasteiger partial charge on any atom is -0.340 e. The maximum Gasteiger partial charge on any atom is 0.261 e. The Morgan fingerprint density at radius 2 is 2.08 bits per heavy atom. The number of nitrogens with zero attached hydrogens (tertiary/aromatic N) is 3. The Bertz CT molecular complexity index is 791. The van der Waals surface area contributed by atoms with Crippen molar-refractivity contribution in [3.8, 4) is 0 Å². The van der Waals surface area contributed by atoms with Crippen molar-refractivity contribution >= 4 is 16.8 Å². The number of fused-ring (bicyclic) bond motifs is 1. The molecule has 1 amide bonds. The van der Waals surface area contributed by atoms with Gasteiger partial charge in [-0.25, -0.2) is 4.98 Å². The lowest BCUT2D eigenvalue weighted by molar-refractivity contribution is -0.133. The van der Waals surface area contributed by atoms with Crippen LogP contribution in [0.4, 0.5) is 0 Å². The molecule has 5 heteroatoms. The van der Waals surface area contributed by atoms with Gasteiger partial charge in [0.25, 0.3) is 5.56 Å². The third-order valence-electron chi connectivity index (χ3n) is 5.05. The topological polar surface area (TPSA) is 55.2 Å². The number of aromatic nitrogens is 2. The van der Waals surface area contributed by atoms with Crippen molar-refractivity contribution in [2.24, 2.45) is 0 Å². The maximum absolute atomic E-state index is 12.6. The highest BCUT2D eigenvalue weighted by Crippen LogP contribution is 2.23. The molecule has 0 radical (unpaired) electrons. The summed E-state index contributed by atoms with van der Waals surface area (Å²) in [6, 6.07) is 6.00. The zero-order valence-electron chi connectivity index (χ0n) is 14.5. The molecule has 0 saturated heterocycles. The van der Waals surface area contributed by atoms with Gasteiger partial charge in [-0.1, -0.05) is 25.0 Å². The third kappa shape index (κ3) is 3.21. The SMILES string of the molecule is CCN(C(=O)CCn1cnc2c(C)cccc2c1=O)C1CCCC1. The molecule has 24 heavy (non-hydrogen) atoms. The Hall–Kier alpha value is -2.17. The summed E-state index contributed by atoms with van der Waals surface area (Å²) in [6.45, 7) is 5.11. The Balaban J connectivity index is 1.74. The highest BCUT2D eigenvalue weighted by molar-refractivity contribution is 5.80. The number of amides is 1. The van der Waals surface area contributed by atoms with E-state index in [1.54, 1.807) is 17.0 Å². The summed E-state index contributed by atoms with van der Waals surface area (Å²) >= 11 is 0. The number of benzene rings is 1. The van der Waals surface area contributed by atoms with Crippen molar-refractivity contribution in [3.63, 3.8) is 0 Å². The molecule has 1 aromatic heterocycles. The van der Waals surface area contributed by atoms with E-state index in [-0.39, 0.29) is 11.5 Å². The van der Waals surface area contributed by atoms with E-state index in [1.807, 2.05) is 30.9 Å². The second-order valence-electron chi connectivity index (χ2n) is 6.58. The fourth-order valence-electron chi connectivity index (χ4n) is 3.71. The molecule has 0 aliphatic heterocycles. The van der Waals surface area contributed by atoms with Gasteiger partial charge in [0.05, 0.1) is 17.2 Å². The molecule has 1 aromatic carbocycles. The van der Waals surface area contributed by atoms with Crippen molar-refractivity contribution in [2.45, 2.75) is 58.5 Å². The van der Waals surface area contributed by atoms with Crippen LogP contribution < -0.4 is 5.56 Å². The first kappa shape index (κ1) is 16.7. The van der Waals surface area contributed by atoms with Gasteiger partial charge >= 0.3 is 0 Å². The monoisotopic (exact) mass is 327 g/mol. The van der Waals surface area contributed by atoms with E-state index in [1.165, 1.54) is 12.8 Å². The van der Waals surface area contributed by atoms with Crippen LogP contribution in [0, 0.1) is 6.92 Å². The van der Waals surface area contributed by atoms with Gasteiger partial charge in [0.2, 0.25) is 5.91 Å². The van der Waals surface area contributed by atoms with Crippen LogP contribution in [0.15, 0.2) is 29.3 Å². The average Bonchev–Trinajstić information content (AvgIpc) is 3.10. The predicted octanol–water partition coefficient (Wildman–Crippen LogP) is 2.89. The van der Waals surface area contributed by atoms with Crippen molar-refractivity contribution in [3.05, 3.63) is 40.4 Å². The Kier molecular flexibility index (Phi) is 4.97. The molecule has 3 rings (SSSR count). The standard InChI is InChI=1S/C19H25N3O2/c1-3-22(15-8-4-5-9-15)17(23)11-12-21-13-20-18-14(2)7-6-10-16(18)19(21)24/h6-7,10,13,15H,3-5,8-9,11-12H2,1-2H3. The minimum absolute atomic E-state index is 0.0691. The number of aryl methyl sites for hydroxylation is 2. The summed E-state index contributed by atoms with van der Waals surface area (Å²) in [7, 11) is 0. The van der Waals surface area contributed by atoms with Crippen LogP contribution in [0.1, 0.15) is 44.6 Å². The van der Waals surface area contributed by atoms with E-state index in [0.717, 1.165) is 30.5 Å². The molecule has 0 bridgehead atoms. The summed E-state index contributed by atoms with van der Waals surface area (Å²) in [5.74, 6) is 0.139. The normalized spacial score (nSPS) is 15.1. The van der Waals surface area contributed by atoms with Gasteiger partial charge in [-0.15, -0.1) is 0 Å². The predicted molar refractivity (Wildman–Crippen MR) is 95.0 cm³/mol. The molecular formula is C19H25N3O2. The van der Waals surface area contributed by atoms with E-state index < -0.39 is 0 Å². The summed E-state index contributed by atoms with van der Waals surface area (Å²) in [5, 5.41) is 0.619.